The molecule has 0 aromatic heterocycles. The Morgan fingerprint density at radius 1 is 1.23 bits per heavy atom. The number of benzene rings is 2. The minimum Gasteiger partial charge on any atom is -0.496 e. The summed E-state index contributed by atoms with van der Waals surface area (Å²) in [5.74, 6) is -0.853. The first-order valence-corrected chi connectivity index (χ1v) is 8.24. The van der Waals surface area contributed by atoms with Crippen LogP contribution in [0, 0.1) is 5.82 Å². The van der Waals surface area contributed by atoms with Crippen molar-refractivity contribution in [3.63, 3.8) is 0 Å². The van der Waals surface area contributed by atoms with Gasteiger partial charge in [-0.25, -0.2) is 9.18 Å². The minimum atomic E-state index is -4.83. The zero-order valence-electron chi connectivity index (χ0n) is 13.6. The van der Waals surface area contributed by atoms with Crippen LogP contribution < -0.4 is 15.4 Å². The predicted octanol–water partition coefficient (Wildman–Crippen LogP) is 4.98. The molecule has 0 aliphatic carbocycles. The number of anilines is 1. The summed E-state index contributed by atoms with van der Waals surface area (Å²) in [4.78, 5) is 11.8. The highest BCUT2D eigenvalue weighted by Gasteiger charge is 2.35. The first-order chi connectivity index (χ1) is 12.2. The lowest BCUT2D eigenvalue weighted by Crippen LogP contribution is -2.31. The van der Waals surface area contributed by atoms with Gasteiger partial charge in [-0.3, -0.25) is 0 Å². The SMILES string of the molecule is COc1ccc(CCNC(=O)Nc2cccc(C(F)(F)F)c2F)cc1Br. The average Bonchev–Trinajstić information content (AvgIpc) is 2.56. The molecule has 2 aromatic carbocycles. The second-order valence-corrected chi connectivity index (χ2v) is 6.12. The molecule has 0 atom stereocenters. The Hall–Kier alpha value is -2.29. The molecule has 0 fully saturated rings. The van der Waals surface area contributed by atoms with Crippen LogP contribution >= 0.6 is 15.9 Å². The number of halogens is 5. The second-order valence-electron chi connectivity index (χ2n) is 5.26. The molecule has 9 heteroatoms. The van der Waals surface area contributed by atoms with Gasteiger partial charge in [0, 0.05) is 6.54 Å². The van der Waals surface area contributed by atoms with E-state index in [4.69, 9.17) is 4.74 Å². The van der Waals surface area contributed by atoms with Crippen molar-refractivity contribution >= 4 is 27.6 Å². The van der Waals surface area contributed by atoms with Gasteiger partial charge in [0.05, 0.1) is 22.8 Å². The molecule has 2 N–H and O–H groups in total. The highest BCUT2D eigenvalue weighted by Crippen LogP contribution is 2.33. The fraction of sp³-hybridized carbons (Fsp3) is 0.235. The van der Waals surface area contributed by atoms with E-state index < -0.39 is 29.3 Å². The van der Waals surface area contributed by atoms with E-state index in [1.54, 1.807) is 13.2 Å². The number of hydrogen-bond acceptors (Lipinski definition) is 2. The van der Waals surface area contributed by atoms with Crippen molar-refractivity contribution in [3.8, 4) is 5.75 Å². The maximum atomic E-state index is 13.9. The fourth-order valence-corrected chi connectivity index (χ4v) is 2.79. The zero-order chi connectivity index (χ0) is 19.3. The molecule has 0 radical (unpaired) electrons. The van der Waals surface area contributed by atoms with Crippen LogP contribution in [0.3, 0.4) is 0 Å². The highest BCUT2D eigenvalue weighted by molar-refractivity contribution is 9.10. The zero-order valence-corrected chi connectivity index (χ0v) is 15.2. The molecular formula is C17H15BrF4N2O2. The van der Waals surface area contributed by atoms with Crippen LogP contribution in [0.5, 0.6) is 5.75 Å². The number of carbonyl (C=O) groups excluding carboxylic acids is 1. The molecule has 0 saturated carbocycles. The van der Waals surface area contributed by atoms with Crippen molar-refractivity contribution in [2.45, 2.75) is 12.6 Å². The van der Waals surface area contributed by atoms with Crippen LogP contribution in [-0.2, 0) is 12.6 Å². The minimum absolute atomic E-state index is 0.213. The Balaban J connectivity index is 1.93. The lowest BCUT2D eigenvalue weighted by molar-refractivity contribution is -0.139. The van der Waals surface area contributed by atoms with Gasteiger partial charge in [-0.05, 0) is 52.2 Å². The standard InChI is InChI=1S/C17H15BrF4N2O2/c1-26-14-6-5-10(9-12(14)18)7-8-23-16(25)24-13-4-2-3-11(15(13)19)17(20,21)22/h2-6,9H,7-8H2,1H3,(H2,23,24,25). The quantitative estimate of drug-likeness (QED) is 0.652. The summed E-state index contributed by atoms with van der Waals surface area (Å²) in [5.41, 5.74) is -1.06. The Morgan fingerprint density at radius 2 is 1.96 bits per heavy atom. The third-order valence-corrected chi connectivity index (χ3v) is 4.09. The Bertz CT molecular complexity index is 797. The normalized spacial score (nSPS) is 11.2. The van der Waals surface area contributed by atoms with Gasteiger partial charge in [0.25, 0.3) is 0 Å². The molecular weight excluding hydrogens is 420 g/mol. The number of carbonyl (C=O) groups is 1. The first kappa shape index (κ1) is 20.0. The number of ether oxygens (including phenoxy) is 1. The van der Waals surface area contributed by atoms with Gasteiger partial charge in [0.2, 0.25) is 0 Å². The Labute approximate surface area is 155 Å². The van der Waals surface area contributed by atoms with E-state index in [0.29, 0.717) is 18.2 Å². The van der Waals surface area contributed by atoms with Crippen LogP contribution in [0.4, 0.5) is 28.0 Å². The van der Waals surface area contributed by atoms with Crippen molar-refractivity contribution in [1.29, 1.82) is 0 Å². The highest BCUT2D eigenvalue weighted by atomic mass is 79.9. The lowest BCUT2D eigenvalue weighted by atomic mass is 10.1. The summed E-state index contributed by atoms with van der Waals surface area (Å²) in [6, 6.07) is 7.30. The van der Waals surface area contributed by atoms with E-state index >= 15 is 0 Å². The van der Waals surface area contributed by atoms with Crippen molar-refractivity contribution in [1.82, 2.24) is 5.32 Å². The molecule has 2 rings (SSSR count). The average molecular weight is 435 g/mol. The summed E-state index contributed by atoms with van der Waals surface area (Å²) < 4.78 is 57.7. The summed E-state index contributed by atoms with van der Waals surface area (Å²) in [5, 5.41) is 4.55. The molecule has 26 heavy (non-hydrogen) atoms. The molecule has 0 unspecified atom stereocenters. The molecule has 4 nitrogen and oxygen atoms in total. The van der Waals surface area contributed by atoms with Gasteiger partial charge < -0.3 is 15.4 Å². The summed E-state index contributed by atoms with van der Waals surface area (Å²) in [7, 11) is 1.54. The Kier molecular flexibility index (Phi) is 6.47. The van der Waals surface area contributed by atoms with E-state index in [9.17, 15) is 22.4 Å². The van der Waals surface area contributed by atoms with E-state index in [0.717, 1.165) is 22.2 Å². The molecule has 0 heterocycles. The summed E-state index contributed by atoms with van der Waals surface area (Å²) in [6.45, 7) is 0.213. The topological polar surface area (TPSA) is 50.4 Å². The van der Waals surface area contributed by atoms with Crippen LogP contribution in [0.25, 0.3) is 0 Å². The second kappa shape index (κ2) is 8.39. The van der Waals surface area contributed by atoms with E-state index in [-0.39, 0.29) is 6.54 Å². The molecule has 140 valence electrons. The number of methoxy groups -OCH3 is 1. The van der Waals surface area contributed by atoms with Gasteiger partial charge in [-0.2, -0.15) is 13.2 Å². The van der Waals surface area contributed by atoms with Gasteiger partial charge in [-0.15, -0.1) is 0 Å². The van der Waals surface area contributed by atoms with Crippen molar-refractivity contribution in [2.75, 3.05) is 19.0 Å². The van der Waals surface area contributed by atoms with Crippen LogP contribution in [0.15, 0.2) is 40.9 Å². The van der Waals surface area contributed by atoms with Crippen molar-refractivity contribution in [2.24, 2.45) is 0 Å². The van der Waals surface area contributed by atoms with Gasteiger partial charge in [-0.1, -0.05) is 12.1 Å². The summed E-state index contributed by atoms with van der Waals surface area (Å²) in [6.07, 6.45) is -4.36. The molecule has 0 aliphatic heterocycles. The maximum Gasteiger partial charge on any atom is 0.419 e. The molecule has 2 amide bonds. The third kappa shape index (κ3) is 5.10. The number of amides is 2. The van der Waals surface area contributed by atoms with E-state index in [2.05, 4.69) is 26.6 Å². The smallest absolute Gasteiger partial charge is 0.419 e. The van der Waals surface area contributed by atoms with Gasteiger partial charge in [0.1, 0.15) is 5.75 Å². The molecule has 0 spiro atoms. The van der Waals surface area contributed by atoms with E-state index in [1.165, 1.54) is 0 Å². The van der Waals surface area contributed by atoms with Gasteiger partial charge >= 0.3 is 12.2 Å². The molecule has 0 bridgehead atoms. The lowest BCUT2D eigenvalue weighted by Gasteiger charge is -2.13. The number of hydrogen-bond donors (Lipinski definition) is 2. The van der Waals surface area contributed by atoms with Crippen LogP contribution in [0.1, 0.15) is 11.1 Å². The largest absolute Gasteiger partial charge is 0.496 e. The Morgan fingerprint density at radius 3 is 2.58 bits per heavy atom. The summed E-state index contributed by atoms with van der Waals surface area (Å²) >= 11 is 3.34. The number of urea groups is 1. The maximum absolute atomic E-state index is 13.9. The monoisotopic (exact) mass is 434 g/mol. The van der Waals surface area contributed by atoms with Crippen molar-refractivity contribution in [3.05, 3.63) is 57.8 Å². The third-order valence-electron chi connectivity index (χ3n) is 3.47. The number of alkyl halides is 3. The molecule has 0 aliphatic rings. The fourth-order valence-electron chi connectivity index (χ4n) is 2.20. The van der Waals surface area contributed by atoms with Crippen LogP contribution in [0.2, 0.25) is 0 Å². The van der Waals surface area contributed by atoms with E-state index in [1.807, 2.05) is 12.1 Å². The molecule has 2 aromatic rings. The predicted molar refractivity (Wildman–Crippen MR) is 92.8 cm³/mol. The van der Waals surface area contributed by atoms with Crippen molar-refractivity contribution < 1.29 is 27.1 Å². The number of rotatable bonds is 5. The number of nitrogens with one attached hydrogen (secondary N) is 2. The molecule has 0 saturated heterocycles. The first-order valence-electron chi connectivity index (χ1n) is 7.45. The van der Waals surface area contributed by atoms with Gasteiger partial charge in [0.15, 0.2) is 5.82 Å². The van der Waals surface area contributed by atoms with Crippen LogP contribution in [-0.4, -0.2) is 19.7 Å².